The van der Waals surface area contributed by atoms with Crippen LogP contribution in [0.25, 0.3) is 44.8 Å². The molecule has 0 unspecified atom stereocenters. The molecule has 0 radical (unpaired) electrons. The fourth-order valence-electron chi connectivity index (χ4n) is 6.32. The lowest BCUT2D eigenvalue weighted by atomic mass is 10.0. The van der Waals surface area contributed by atoms with E-state index in [1.807, 2.05) is 9.13 Å². The third kappa shape index (κ3) is 6.32. The number of benzene rings is 4. The quantitative estimate of drug-likeness (QED) is 0.0517. The summed E-state index contributed by atoms with van der Waals surface area (Å²) in [4.78, 5) is 34.7. The molecular formula is C36H31Cl2N11O4. The number of aryl methyl sites for hydroxylation is 2. The highest BCUT2D eigenvalue weighted by atomic mass is 35.5. The Labute approximate surface area is 311 Å². The summed E-state index contributed by atoms with van der Waals surface area (Å²) in [6.07, 6.45) is 1.91. The first-order valence-corrected chi connectivity index (χ1v) is 16.4. The van der Waals surface area contributed by atoms with Gasteiger partial charge >= 0.3 is 0 Å². The average Bonchev–Trinajstić information content (AvgIpc) is 3.71. The van der Waals surface area contributed by atoms with E-state index in [1.165, 1.54) is 14.2 Å². The number of amides is 2. The van der Waals surface area contributed by atoms with Crippen molar-refractivity contribution in [2.45, 2.75) is 13.1 Å². The van der Waals surface area contributed by atoms with Gasteiger partial charge in [-0.3, -0.25) is 15.0 Å². The molecule has 6 rings (SSSR count). The number of rotatable bonds is 13. The number of halogens is 2. The molecular weight excluding hydrogens is 721 g/mol. The smallest absolute Gasteiger partial charge is 0.252 e. The molecule has 0 saturated heterocycles. The highest BCUT2D eigenvalue weighted by Crippen LogP contribution is 2.38. The molecule has 9 N–H and O–H groups in total. The summed E-state index contributed by atoms with van der Waals surface area (Å²) in [6, 6.07) is 16.4. The number of nitrogens with zero attached hydrogens (tertiary/aromatic N) is 5. The molecule has 0 spiro atoms. The number of imidazole rings is 2. The molecule has 2 heterocycles. The van der Waals surface area contributed by atoms with Gasteiger partial charge in [-0.1, -0.05) is 23.2 Å². The van der Waals surface area contributed by atoms with Crippen LogP contribution >= 0.6 is 23.2 Å². The van der Waals surface area contributed by atoms with Crippen molar-refractivity contribution >= 4 is 80.9 Å². The summed E-state index contributed by atoms with van der Waals surface area (Å²) in [5, 5.41) is 28.8. The number of primary amides is 2. The van der Waals surface area contributed by atoms with Crippen molar-refractivity contribution in [1.82, 2.24) is 19.1 Å². The van der Waals surface area contributed by atoms with Crippen LogP contribution in [0.4, 0.5) is 0 Å². The molecule has 0 aliphatic heterocycles. The number of carbonyl (C=O) groups is 2. The molecule has 17 heteroatoms. The molecule has 0 saturated carbocycles. The van der Waals surface area contributed by atoms with Gasteiger partial charge in [0.25, 0.3) is 11.8 Å². The van der Waals surface area contributed by atoms with Crippen LogP contribution in [-0.2, 0) is 13.1 Å². The number of fused-ring (bicyclic) bond motifs is 2. The van der Waals surface area contributed by atoms with Gasteiger partial charge in [-0.25, -0.2) is 9.97 Å². The molecule has 0 atom stereocenters. The van der Waals surface area contributed by atoms with Crippen molar-refractivity contribution < 1.29 is 19.1 Å². The third-order valence-electron chi connectivity index (χ3n) is 8.67. The van der Waals surface area contributed by atoms with Crippen LogP contribution in [0.15, 0.2) is 65.8 Å². The predicted octanol–water partition coefficient (Wildman–Crippen LogP) is 5.27. The molecule has 2 aromatic heterocycles. The first kappa shape index (κ1) is 36.2. The van der Waals surface area contributed by atoms with Crippen LogP contribution < -0.4 is 26.8 Å². The van der Waals surface area contributed by atoms with E-state index in [0.29, 0.717) is 66.0 Å². The number of nitrogens with one attached hydrogen (secondary N) is 3. The van der Waals surface area contributed by atoms with E-state index in [-0.39, 0.29) is 47.1 Å². The second-order valence-corrected chi connectivity index (χ2v) is 12.4. The van der Waals surface area contributed by atoms with Crippen molar-refractivity contribution in [2.75, 3.05) is 14.2 Å². The number of nitrogens with two attached hydrogens (primary N) is 3. The maximum Gasteiger partial charge on any atom is 0.252 e. The molecule has 2 amide bonds. The number of hydrogen-bond acceptors (Lipinski definition) is 11. The van der Waals surface area contributed by atoms with Gasteiger partial charge in [0.05, 0.1) is 42.1 Å². The van der Waals surface area contributed by atoms with E-state index < -0.39 is 11.8 Å². The number of carbonyl (C=O) groups excluding carboxylic acids is 2. The van der Waals surface area contributed by atoms with Gasteiger partial charge in [0.1, 0.15) is 28.4 Å². The van der Waals surface area contributed by atoms with Crippen LogP contribution in [-0.4, -0.2) is 69.0 Å². The van der Waals surface area contributed by atoms with E-state index >= 15 is 0 Å². The lowest BCUT2D eigenvalue weighted by molar-refractivity contribution is 0.0989. The minimum absolute atomic E-state index is 0.107. The van der Waals surface area contributed by atoms with Crippen LogP contribution in [0.5, 0.6) is 11.5 Å². The number of ether oxygens (including phenoxy) is 2. The minimum Gasteiger partial charge on any atom is -0.494 e. The van der Waals surface area contributed by atoms with Crippen molar-refractivity contribution in [1.29, 1.82) is 16.2 Å². The number of methoxy groups -OCH3 is 2. The third-order valence-corrected chi connectivity index (χ3v) is 9.14. The van der Waals surface area contributed by atoms with E-state index in [1.54, 1.807) is 60.7 Å². The topological polar surface area (TPSA) is 250 Å². The maximum atomic E-state index is 12.4. The molecule has 0 aliphatic rings. The molecule has 0 aliphatic carbocycles. The van der Waals surface area contributed by atoms with E-state index in [0.717, 1.165) is 12.4 Å². The Hall–Kier alpha value is -6.58. The summed E-state index contributed by atoms with van der Waals surface area (Å²) < 4.78 is 15.1. The van der Waals surface area contributed by atoms with E-state index in [4.69, 9.17) is 76.2 Å². The van der Waals surface area contributed by atoms with Crippen LogP contribution in [0.1, 0.15) is 31.8 Å². The lowest BCUT2D eigenvalue weighted by Gasteiger charge is -2.16. The van der Waals surface area contributed by atoms with Crippen molar-refractivity contribution in [3.05, 3.63) is 93.0 Å². The van der Waals surface area contributed by atoms with Crippen molar-refractivity contribution in [3.63, 3.8) is 0 Å². The highest BCUT2D eigenvalue weighted by molar-refractivity contribution is 6.40. The fraction of sp³-hybridized carbons (Fsp3) is 0.111. The standard InChI is InChI=1S/C36H31Cl2N11O4/c1-52-31-21(33(42)50)7-9-27-29(31)45-35(19-5-3-17(37)13-23(19)25(41)15-39)48(27)11-12-49-28-10-8-22(34(43)51)32(53-2)30(28)46-36(49)20-6-4-18(38)14-24(20)26(16-40)47-44/h3-10,13-16,39-41H,11-12,44H2,1-2H3,(H2,42,50)(H2,43,51)/b39-15?,40-16?,41-25?,47-26+. The predicted molar refractivity (Wildman–Crippen MR) is 206 cm³/mol. The van der Waals surface area contributed by atoms with Gasteiger partial charge in [0.2, 0.25) is 0 Å². The zero-order valence-corrected chi connectivity index (χ0v) is 29.7. The summed E-state index contributed by atoms with van der Waals surface area (Å²) in [5.41, 5.74) is 15.2. The first-order chi connectivity index (χ1) is 25.5. The SMILES string of the molecule is COc1c(C(N)=O)ccc2c1nc(-c1ccc(Cl)cc1C(=N)C=N)n2CCn1c(-c2ccc(Cl)cc2/C(C=N)=N/N)nc2c(OC)c(C(N)=O)ccc21. The van der Waals surface area contributed by atoms with Gasteiger partial charge in [0.15, 0.2) is 11.5 Å². The monoisotopic (exact) mass is 751 g/mol. The lowest BCUT2D eigenvalue weighted by Crippen LogP contribution is -2.14. The van der Waals surface area contributed by atoms with E-state index in [9.17, 15) is 9.59 Å². The van der Waals surface area contributed by atoms with Crippen molar-refractivity contribution in [2.24, 2.45) is 22.4 Å². The van der Waals surface area contributed by atoms with Crippen LogP contribution in [0.2, 0.25) is 10.0 Å². The Morgan fingerprint density at radius 1 is 0.736 bits per heavy atom. The summed E-state index contributed by atoms with van der Waals surface area (Å²) in [6.45, 7) is 0.407. The largest absolute Gasteiger partial charge is 0.494 e. The number of hydrogen-bond donors (Lipinski definition) is 6. The molecule has 6 aromatic rings. The second-order valence-electron chi connectivity index (χ2n) is 11.5. The normalized spacial score (nSPS) is 11.5. The Bertz CT molecular complexity index is 2560. The van der Waals surface area contributed by atoms with Gasteiger partial charge in [-0.2, -0.15) is 5.10 Å². The second kappa shape index (κ2) is 14.6. The number of hydrazone groups is 1. The molecule has 53 heavy (non-hydrogen) atoms. The molecule has 4 aromatic carbocycles. The Morgan fingerprint density at radius 3 is 1.58 bits per heavy atom. The zero-order valence-electron chi connectivity index (χ0n) is 28.2. The van der Waals surface area contributed by atoms with Crippen molar-refractivity contribution in [3.8, 4) is 34.3 Å². The molecule has 268 valence electrons. The summed E-state index contributed by atoms with van der Waals surface area (Å²) in [7, 11) is 2.82. The van der Waals surface area contributed by atoms with E-state index in [2.05, 4.69) is 5.10 Å². The molecule has 0 bridgehead atoms. The minimum atomic E-state index is -0.708. The summed E-state index contributed by atoms with van der Waals surface area (Å²) in [5.74, 6) is 5.38. The Kier molecular flexibility index (Phi) is 9.96. The van der Waals surface area contributed by atoms with Crippen LogP contribution in [0, 0.1) is 16.2 Å². The highest BCUT2D eigenvalue weighted by Gasteiger charge is 2.26. The Morgan fingerprint density at radius 2 is 1.19 bits per heavy atom. The van der Waals surface area contributed by atoms with Crippen LogP contribution in [0.3, 0.4) is 0 Å². The van der Waals surface area contributed by atoms with Gasteiger partial charge in [-0.15, -0.1) is 0 Å². The first-order valence-electron chi connectivity index (χ1n) is 15.7. The van der Waals surface area contributed by atoms with Gasteiger partial charge < -0.3 is 46.7 Å². The maximum absolute atomic E-state index is 12.4. The van der Waals surface area contributed by atoms with Gasteiger partial charge in [0, 0.05) is 57.8 Å². The fourth-order valence-corrected chi connectivity index (χ4v) is 6.66. The van der Waals surface area contributed by atoms with Gasteiger partial charge in [-0.05, 0) is 60.7 Å². The Balaban J connectivity index is 1.65. The molecule has 15 nitrogen and oxygen atoms in total. The molecule has 0 fully saturated rings. The number of aromatic nitrogens is 4. The zero-order chi connectivity index (χ0) is 38.1. The summed E-state index contributed by atoms with van der Waals surface area (Å²) >= 11 is 12.7. The average molecular weight is 753 g/mol.